The lowest BCUT2D eigenvalue weighted by Gasteiger charge is -2.34. The molecule has 2 atom stereocenters. The average Bonchev–Trinajstić information content (AvgIpc) is 2.38. The highest BCUT2D eigenvalue weighted by Crippen LogP contribution is 2.34. The predicted molar refractivity (Wildman–Crippen MR) is 87.0 cm³/mol. The highest BCUT2D eigenvalue weighted by molar-refractivity contribution is 6.34. The molecule has 0 amide bonds. The minimum Gasteiger partial charge on any atom is -0.380 e. The molecule has 0 aromatic heterocycles. The van der Waals surface area contributed by atoms with Crippen LogP contribution in [-0.4, -0.2) is 32.8 Å². The molecule has 20 heavy (non-hydrogen) atoms. The van der Waals surface area contributed by atoms with Gasteiger partial charge >= 0.3 is 0 Å². The number of para-hydroxylation sites is 1. The number of hydrogen-bond acceptors (Lipinski definition) is 3. The highest BCUT2D eigenvalue weighted by Gasteiger charge is 2.25. The van der Waals surface area contributed by atoms with Gasteiger partial charge in [0.05, 0.1) is 22.5 Å². The normalized spacial score (nSPS) is 22.9. The number of rotatable bonds is 4. The summed E-state index contributed by atoms with van der Waals surface area (Å²) in [7, 11) is 4.04. The molecule has 0 bridgehead atoms. The van der Waals surface area contributed by atoms with Crippen molar-refractivity contribution in [2.75, 3.05) is 30.9 Å². The van der Waals surface area contributed by atoms with Gasteiger partial charge in [-0.05, 0) is 30.9 Å². The second kappa shape index (κ2) is 6.68. The first-order valence-corrected chi connectivity index (χ1v) is 7.70. The van der Waals surface area contributed by atoms with E-state index in [1.54, 1.807) is 0 Å². The Hall–Kier alpha value is -0.930. The van der Waals surface area contributed by atoms with Gasteiger partial charge in [0.1, 0.15) is 0 Å². The van der Waals surface area contributed by atoms with Crippen LogP contribution in [0.1, 0.15) is 26.7 Å². The number of benzene rings is 1. The molecule has 1 saturated heterocycles. The minimum atomic E-state index is 0.350. The monoisotopic (exact) mass is 296 g/mol. The van der Waals surface area contributed by atoms with Gasteiger partial charge in [0, 0.05) is 26.7 Å². The van der Waals surface area contributed by atoms with Crippen LogP contribution in [0.4, 0.5) is 11.4 Å². The molecule has 1 aliphatic heterocycles. The summed E-state index contributed by atoms with van der Waals surface area (Å²) < 4.78 is 5.83. The summed E-state index contributed by atoms with van der Waals surface area (Å²) in [5.74, 6) is 0.562. The zero-order chi connectivity index (χ0) is 14.7. The van der Waals surface area contributed by atoms with Gasteiger partial charge in [0.2, 0.25) is 0 Å². The Morgan fingerprint density at radius 3 is 2.75 bits per heavy atom. The van der Waals surface area contributed by atoms with Crippen LogP contribution in [0.5, 0.6) is 0 Å². The summed E-state index contributed by atoms with van der Waals surface area (Å²) in [6, 6.07) is 6.48. The Morgan fingerprint density at radius 2 is 2.10 bits per heavy atom. The molecule has 112 valence electrons. The van der Waals surface area contributed by atoms with E-state index in [1.165, 1.54) is 0 Å². The molecule has 0 saturated carbocycles. The third-order valence-corrected chi connectivity index (χ3v) is 4.16. The van der Waals surface area contributed by atoms with E-state index in [0.29, 0.717) is 18.1 Å². The van der Waals surface area contributed by atoms with Crippen LogP contribution in [0, 0.1) is 5.92 Å². The van der Waals surface area contributed by atoms with Crippen molar-refractivity contribution in [3.8, 4) is 0 Å². The first-order chi connectivity index (χ1) is 9.49. The first-order valence-electron chi connectivity index (χ1n) is 7.33. The smallest absolute Gasteiger partial charge is 0.0786 e. The summed E-state index contributed by atoms with van der Waals surface area (Å²) in [5.41, 5.74) is 2.17. The van der Waals surface area contributed by atoms with E-state index in [-0.39, 0.29) is 0 Å². The third kappa shape index (κ3) is 3.58. The van der Waals surface area contributed by atoms with E-state index in [9.17, 15) is 0 Å². The lowest BCUT2D eigenvalue weighted by atomic mass is 9.95. The summed E-state index contributed by atoms with van der Waals surface area (Å²) in [4.78, 5) is 2.06. The maximum Gasteiger partial charge on any atom is 0.0786 e. The maximum atomic E-state index is 6.31. The molecule has 2 unspecified atom stereocenters. The second-order valence-corrected chi connectivity index (χ2v) is 6.46. The first kappa shape index (κ1) is 15.5. The quantitative estimate of drug-likeness (QED) is 0.908. The standard InChI is InChI=1S/C16H25ClN2O/c1-11(2)15-10-12(8-9-20-15)18-14-7-5-6-13(17)16(14)19(3)4/h5-7,11-12,15,18H,8-10H2,1-4H3. The van der Waals surface area contributed by atoms with E-state index >= 15 is 0 Å². The largest absolute Gasteiger partial charge is 0.380 e. The molecule has 1 N–H and O–H groups in total. The van der Waals surface area contributed by atoms with Crippen molar-refractivity contribution in [1.29, 1.82) is 0 Å². The number of nitrogens with zero attached hydrogens (tertiary/aromatic N) is 1. The van der Waals surface area contributed by atoms with Crippen LogP contribution in [0.15, 0.2) is 18.2 Å². The Labute approximate surface area is 127 Å². The van der Waals surface area contributed by atoms with Crippen molar-refractivity contribution in [3.63, 3.8) is 0 Å². The van der Waals surface area contributed by atoms with Crippen LogP contribution in [0.25, 0.3) is 0 Å². The number of nitrogens with one attached hydrogen (secondary N) is 1. The molecule has 0 aliphatic carbocycles. The second-order valence-electron chi connectivity index (χ2n) is 6.05. The average molecular weight is 297 g/mol. The van der Waals surface area contributed by atoms with Crippen LogP contribution >= 0.6 is 11.6 Å². The van der Waals surface area contributed by atoms with Gasteiger partial charge in [0.15, 0.2) is 0 Å². The third-order valence-electron chi connectivity index (χ3n) is 3.85. The van der Waals surface area contributed by atoms with Gasteiger partial charge < -0.3 is 15.0 Å². The molecular weight excluding hydrogens is 272 g/mol. The van der Waals surface area contributed by atoms with E-state index in [4.69, 9.17) is 16.3 Å². The van der Waals surface area contributed by atoms with Crippen LogP contribution < -0.4 is 10.2 Å². The van der Waals surface area contributed by atoms with Crippen molar-refractivity contribution < 1.29 is 4.74 Å². The molecule has 1 aliphatic rings. The maximum absolute atomic E-state index is 6.31. The van der Waals surface area contributed by atoms with Crippen molar-refractivity contribution >= 4 is 23.0 Å². The fourth-order valence-corrected chi connectivity index (χ4v) is 3.07. The molecule has 1 aromatic rings. The Bertz CT molecular complexity index is 448. The fraction of sp³-hybridized carbons (Fsp3) is 0.625. The van der Waals surface area contributed by atoms with Gasteiger partial charge in [0.25, 0.3) is 0 Å². The highest BCUT2D eigenvalue weighted by atomic mass is 35.5. The van der Waals surface area contributed by atoms with Gasteiger partial charge in [-0.25, -0.2) is 0 Å². The van der Waals surface area contributed by atoms with Gasteiger partial charge in [-0.15, -0.1) is 0 Å². The van der Waals surface area contributed by atoms with E-state index in [2.05, 4.69) is 30.1 Å². The number of anilines is 2. The van der Waals surface area contributed by atoms with E-state index in [0.717, 1.165) is 35.8 Å². The van der Waals surface area contributed by atoms with Crippen LogP contribution in [-0.2, 0) is 4.74 Å². The van der Waals surface area contributed by atoms with Gasteiger partial charge in [-0.3, -0.25) is 0 Å². The molecule has 1 heterocycles. The van der Waals surface area contributed by atoms with Crippen molar-refractivity contribution in [2.45, 2.75) is 38.8 Å². The summed E-state index contributed by atoms with van der Waals surface area (Å²) in [6.45, 7) is 5.27. The molecule has 0 spiro atoms. The summed E-state index contributed by atoms with van der Waals surface area (Å²) in [5, 5.41) is 4.44. The van der Waals surface area contributed by atoms with Crippen LogP contribution in [0.3, 0.4) is 0 Å². The van der Waals surface area contributed by atoms with Gasteiger partial charge in [-0.1, -0.05) is 31.5 Å². The molecule has 3 nitrogen and oxygen atoms in total. The molecule has 1 fully saturated rings. The minimum absolute atomic E-state index is 0.350. The molecular formula is C16H25ClN2O. The number of halogens is 1. The Kier molecular flexibility index (Phi) is 5.17. The SMILES string of the molecule is CC(C)C1CC(Nc2cccc(Cl)c2N(C)C)CCO1. The predicted octanol–water partition coefficient (Wildman–Crippen LogP) is 4.02. The molecule has 2 rings (SSSR count). The lowest BCUT2D eigenvalue weighted by Crippen LogP contribution is -2.36. The van der Waals surface area contributed by atoms with Crippen molar-refractivity contribution in [3.05, 3.63) is 23.2 Å². The van der Waals surface area contributed by atoms with E-state index in [1.807, 2.05) is 26.2 Å². The fourth-order valence-electron chi connectivity index (χ4n) is 2.73. The van der Waals surface area contributed by atoms with Crippen molar-refractivity contribution in [1.82, 2.24) is 0 Å². The molecule has 4 heteroatoms. The zero-order valence-corrected chi connectivity index (χ0v) is 13.6. The van der Waals surface area contributed by atoms with Crippen LogP contribution in [0.2, 0.25) is 5.02 Å². The van der Waals surface area contributed by atoms with E-state index < -0.39 is 0 Å². The number of ether oxygens (including phenoxy) is 1. The summed E-state index contributed by atoms with van der Waals surface area (Å²) >= 11 is 6.31. The zero-order valence-electron chi connectivity index (χ0n) is 12.8. The topological polar surface area (TPSA) is 24.5 Å². The van der Waals surface area contributed by atoms with Crippen molar-refractivity contribution in [2.24, 2.45) is 5.92 Å². The lowest BCUT2D eigenvalue weighted by molar-refractivity contribution is -0.0160. The summed E-state index contributed by atoms with van der Waals surface area (Å²) in [6.07, 6.45) is 2.45. The Morgan fingerprint density at radius 1 is 1.35 bits per heavy atom. The Balaban J connectivity index is 2.12. The number of hydrogen-bond donors (Lipinski definition) is 1. The van der Waals surface area contributed by atoms with Gasteiger partial charge in [-0.2, -0.15) is 0 Å². The molecule has 1 aromatic carbocycles. The molecule has 0 radical (unpaired) electrons.